The van der Waals surface area contributed by atoms with Crippen molar-refractivity contribution in [2.75, 3.05) is 13.1 Å². The van der Waals surface area contributed by atoms with Gasteiger partial charge in [0.1, 0.15) is 0 Å². The van der Waals surface area contributed by atoms with Crippen LogP contribution in [0.4, 0.5) is 0 Å². The molecule has 2 aromatic rings. The van der Waals surface area contributed by atoms with Crippen molar-refractivity contribution in [3.63, 3.8) is 0 Å². The van der Waals surface area contributed by atoms with Crippen molar-refractivity contribution in [1.82, 2.24) is 10.2 Å². The van der Waals surface area contributed by atoms with E-state index in [2.05, 4.69) is 37.4 Å². The van der Waals surface area contributed by atoms with E-state index in [4.69, 9.17) is 0 Å². The number of nitrogens with zero attached hydrogens (tertiary/aromatic N) is 1. The quantitative estimate of drug-likeness (QED) is 0.811. The molecule has 1 saturated heterocycles. The second-order valence-electron chi connectivity index (χ2n) is 7.66. The van der Waals surface area contributed by atoms with Gasteiger partial charge in [0.2, 0.25) is 11.8 Å². The van der Waals surface area contributed by atoms with E-state index in [1.165, 1.54) is 0 Å². The molecule has 1 heterocycles. The maximum Gasteiger partial charge on any atom is 0.225 e. The average molecular weight is 364 g/mol. The number of nitrogens with one attached hydrogen (secondary N) is 1. The Kier molecular flexibility index (Phi) is 6.28. The second-order valence-corrected chi connectivity index (χ2v) is 7.66. The summed E-state index contributed by atoms with van der Waals surface area (Å²) in [6, 6.07) is 18.3. The third-order valence-electron chi connectivity index (χ3n) is 5.12. The van der Waals surface area contributed by atoms with E-state index in [9.17, 15) is 9.59 Å². The molecule has 0 aliphatic carbocycles. The van der Waals surface area contributed by atoms with E-state index in [-0.39, 0.29) is 17.7 Å². The number of carbonyl (C=O) groups is 2. The summed E-state index contributed by atoms with van der Waals surface area (Å²) in [6.45, 7) is 6.05. The van der Waals surface area contributed by atoms with Crippen LogP contribution in [0.25, 0.3) is 11.1 Å². The standard InChI is InChI=1S/C23H28N2O2/c1-17(2)12-13-25-16-20(14-22(25)26)23(27)24-15-19-10-6-7-11-21(19)18-8-4-3-5-9-18/h3-11,17,20H,12-16H2,1-2H3,(H,24,27). The van der Waals surface area contributed by atoms with E-state index >= 15 is 0 Å². The van der Waals surface area contributed by atoms with Gasteiger partial charge < -0.3 is 10.2 Å². The maximum absolute atomic E-state index is 12.6. The monoisotopic (exact) mass is 364 g/mol. The van der Waals surface area contributed by atoms with Gasteiger partial charge in [-0.05, 0) is 29.0 Å². The minimum atomic E-state index is -0.242. The Morgan fingerprint density at radius 2 is 1.81 bits per heavy atom. The fraction of sp³-hybridized carbons (Fsp3) is 0.391. The molecule has 1 N–H and O–H groups in total. The highest BCUT2D eigenvalue weighted by atomic mass is 16.2. The van der Waals surface area contributed by atoms with Crippen molar-refractivity contribution in [2.24, 2.45) is 11.8 Å². The van der Waals surface area contributed by atoms with Crippen LogP contribution < -0.4 is 5.32 Å². The lowest BCUT2D eigenvalue weighted by molar-refractivity contribution is -0.129. The van der Waals surface area contributed by atoms with Gasteiger partial charge in [-0.1, -0.05) is 68.4 Å². The summed E-state index contributed by atoms with van der Waals surface area (Å²) in [7, 11) is 0. The Balaban J connectivity index is 1.60. The average Bonchev–Trinajstić information content (AvgIpc) is 3.06. The zero-order chi connectivity index (χ0) is 19.2. The molecule has 1 aliphatic rings. The third-order valence-corrected chi connectivity index (χ3v) is 5.12. The van der Waals surface area contributed by atoms with Crippen LogP contribution in [0.3, 0.4) is 0 Å². The minimum absolute atomic E-state index is 0.0294. The maximum atomic E-state index is 12.6. The third kappa shape index (κ3) is 4.97. The van der Waals surface area contributed by atoms with Crippen molar-refractivity contribution >= 4 is 11.8 Å². The number of carbonyl (C=O) groups excluding carboxylic acids is 2. The van der Waals surface area contributed by atoms with Crippen LogP contribution >= 0.6 is 0 Å². The fourth-order valence-corrected chi connectivity index (χ4v) is 3.48. The van der Waals surface area contributed by atoms with Crippen LogP contribution in [-0.2, 0) is 16.1 Å². The Hall–Kier alpha value is -2.62. The Morgan fingerprint density at radius 1 is 1.11 bits per heavy atom. The van der Waals surface area contributed by atoms with E-state index in [0.717, 1.165) is 29.7 Å². The fourth-order valence-electron chi connectivity index (χ4n) is 3.48. The van der Waals surface area contributed by atoms with Gasteiger partial charge in [0, 0.05) is 26.1 Å². The molecule has 4 nitrogen and oxygen atoms in total. The van der Waals surface area contributed by atoms with Crippen molar-refractivity contribution in [1.29, 1.82) is 0 Å². The molecule has 142 valence electrons. The number of likely N-dealkylation sites (tertiary alicyclic amines) is 1. The summed E-state index contributed by atoms with van der Waals surface area (Å²) in [5.41, 5.74) is 3.34. The molecular formula is C23H28N2O2. The van der Waals surface area contributed by atoms with Crippen molar-refractivity contribution < 1.29 is 9.59 Å². The minimum Gasteiger partial charge on any atom is -0.352 e. The van der Waals surface area contributed by atoms with Gasteiger partial charge in [-0.3, -0.25) is 9.59 Å². The number of amides is 2. The van der Waals surface area contributed by atoms with Gasteiger partial charge in [0.25, 0.3) is 0 Å². The number of benzene rings is 2. The van der Waals surface area contributed by atoms with Crippen LogP contribution in [0, 0.1) is 11.8 Å². The summed E-state index contributed by atoms with van der Waals surface area (Å²) in [5, 5.41) is 3.04. The van der Waals surface area contributed by atoms with Gasteiger partial charge in [-0.2, -0.15) is 0 Å². The topological polar surface area (TPSA) is 49.4 Å². The predicted molar refractivity (Wildman–Crippen MR) is 108 cm³/mol. The van der Waals surface area contributed by atoms with Gasteiger partial charge in [0.05, 0.1) is 5.92 Å². The van der Waals surface area contributed by atoms with Crippen LogP contribution in [0.1, 0.15) is 32.3 Å². The molecule has 27 heavy (non-hydrogen) atoms. The molecule has 2 aromatic carbocycles. The molecule has 3 rings (SSSR count). The lowest BCUT2D eigenvalue weighted by atomic mass is 9.99. The van der Waals surface area contributed by atoms with Crippen molar-refractivity contribution in [3.8, 4) is 11.1 Å². The number of rotatable bonds is 7. The molecule has 1 aliphatic heterocycles. The second kappa shape index (κ2) is 8.85. The van der Waals surface area contributed by atoms with Gasteiger partial charge >= 0.3 is 0 Å². The van der Waals surface area contributed by atoms with Crippen LogP contribution in [0.2, 0.25) is 0 Å². The summed E-state index contributed by atoms with van der Waals surface area (Å²) in [6.07, 6.45) is 1.30. The first-order chi connectivity index (χ1) is 13.0. The molecule has 1 fully saturated rings. The SMILES string of the molecule is CC(C)CCN1CC(C(=O)NCc2ccccc2-c2ccccc2)CC1=O. The highest BCUT2D eigenvalue weighted by molar-refractivity contribution is 5.89. The van der Waals surface area contributed by atoms with E-state index in [0.29, 0.717) is 25.4 Å². The summed E-state index contributed by atoms with van der Waals surface area (Å²) in [4.78, 5) is 26.6. The number of hydrogen-bond donors (Lipinski definition) is 1. The molecular weight excluding hydrogens is 336 g/mol. The highest BCUT2D eigenvalue weighted by Crippen LogP contribution is 2.24. The highest BCUT2D eigenvalue weighted by Gasteiger charge is 2.33. The van der Waals surface area contributed by atoms with Gasteiger partial charge in [-0.25, -0.2) is 0 Å². The first-order valence-corrected chi connectivity index (χ1v) is 9.73. The van der Waals surface area contributed by atoms with E-state index < -0.39 is 0 Å². The molecule has 0 aromatic heterocycles. The summed E-state index contributed by atoms with van der Waals surface area (Å²) in [5.74, 6) is 0.382. The molecule has 2 amide bonds. The largest absolute Gasteiger partial charge is 0.352 e. The summed E-state index contributed by atoms with van der Waals surface area (Å²) >= 11 is 0. The van der Waals surface area contributed by atoms with E-state index in [1.807, 2.05) is 41.3 Å². The van der Waals surface area contributed by atoms with Crippen LogP contribution in [-0.4, -0.2) is 29.8 Å². The lowest BCUT2D eigenvalue weighted by Gasteiger charge is -2.18. The van der Waals surface area contributed by atoms with Gasteiger partial charge in [0.15, 0.2) is 0 Å². The molecule has 1 unspecified atom stereocenters. The Labute approximate surface area is 161 Å². The Morgan fingerprint density at radius 3 is 2.56 bits per heavy atom. The molecule has 0 bridgehead atoms. The van der Waals surface area contributed by atoms with Gasteiger partial charge in [-0.15, -0.1) is 0 Å². The molecule has 4 heteroatoms. The molecule has 1 atom stereocenters. The normalized spacial score (nSPS) is 16.8. The number of hydrogen-bond acceptors (Lipinski definition) is 2. The molecule has 0 saturated carbocycles. The zero-order valence-corrected chi connectivity index (χ0v) is 16.2. The molecule has 0 spiro atoms. The van der Waals surface area contributed by atoms with E-state index in [1.54, 1.807) is 0 Å². The van der Waals surface area contributed by atoms with Crippen LogP contribution in [0.15, 0.2) is 54.6 Å². The predicted octanol–water partition coefficient (Wildman–Crippen LogP) is 3.86. The Bertz CT molecular complexity index is 786. The first kappa shape index (κ1) is 19.2. The summed E-state index contributed by atoms with van der Waals surface area (Å²) < 4.78 is 0. The zero-order valence-electron chi connectivity index (χ0n) is 16.2. The van der Waals surface area contributed by atoms with Crippen LogP contribution in [0.5, 0.6) is 0 Å². The first-order valence-electron chi connectivity index (χ1n) is 9.73. The van der Waals surface area contributed by atoms with Crippen molar-refractivity contribution in [3.05, 3.63) is 60.2 Å². The smallest absolute Gasteiger partial charge is 0.225 e. The lowest BCUT2D eigenvalue weighted by Crippen LogP contribution is -2.33. The molecule has 0 radical (unpaired) electrons. The van der Waals surface area contributed by atoms with Crippen molar-refractivity contribution in [2.45, 2.75) is 33.2 Å².